The van der Waals surface area contributed by atoms with Crippen molar-refractivity contribution in [3.8, 4) is 17.1 Å². The Labute approximate surface area is 150 Å². The Morgan fingerprint density at radius 3 is 2.54 bits per heavy atom. The molecule has 0 spiro atoms. The predicted octanol–water partition coefficient (Wildman–Crippen LogP) is 3.72. The molecule has 1 saturated heterocycles. The fourth-order valence-electron chi connectivity index (χ4n) is 3.03. The number of anilines is 1. The minimum Gasteiger partial charge on any atom is -0.481 e. The van der Waals surface area contributed by atoms with Gasteiger partial charge in [-0.2, -0.15) is 0 Å². The van der Waals surface area contributed by atoms with Gasteiger partial charge in [0.2, 0.25) is 5.88 Å². The van der Waals surface area contributed by atoms with Gasteiger partial charge in [-0.05, 0) is 32.0 Å². The minimum absolute atomic E-state index is 0.00435. The molecule has 1 aliphatic heterocycles. The number of aromatic nitrogens is 1. The molecule has 1 aromatic heterocycles. The summed E-state index contributed by atoms with van der Waals surface area (Å²) >= 11 is 0. The van der Waals surface area contributed by atoms with Crippen LogP contribution in [0.4, 0.5) is 14.5 Å². The molecule has 7 heteroatoms. The third kappa shape index (κ3) is 3.92. The topological polar surface area (TPSA) is 62.7 Å². The van der Waals surface area contributed by atoms with Gasteiger partial charge in [-0.1, -0.05) is 6.07 Å². The van der Waals surface area contributed by atoms with Gasteiger partial charge in [0.15, 0.2) is 0 Å². The summed E-state index contributed by atoms with van der Waals surface area (Å²) in [5, 5.41) is 8.77. The molecule has 0 bridgehead atoms. The summed E-state index contributed by atoms with van der Waals surface area (Å²) in [5.41, 5.74) is 0.616. The summed E-state index contributed by atoms with van der Waals surface area (Å²) in [6, 6.07) is 7.55. The molecule has 1 aliphatic rings. The third-order valence-corrected chi connectivity index (χ3v) is 4.13. The molecule has 0 atom stereocenters. The summed E-state index contributed by atoms with van der Waals surface area (Å²) in [6.45, 7) is 4.39. The molecule has 0 radical (unpaired) electrons. The average Bonchev–Trinajstić information content (AvgIpc) is 2.50. The number of hydrogen-bond donors (Lipinski definition) is 1. The van der Waals surface area contributed by atoms with Crippen LogP contribution in [0.15, 0.2) is 30.3 Å². The van der Waals surface area contributed by atoms with E-state index in [4.69, 9.17) is 9.84 Å². The van der Waals surface area contributed by atoms with Crippen LogP contribution in [-0.4, -0.2) is 35.3 Å². The molecule has 0 amide bonds. The van der Waals surface area contributed by atoms with Crippen LogP contribution in [0.2, 0.25) is 0 Å². The van der Waals surface area contributed by atoms with E-state index in [2.05, 4.69) is 4.98 Å². The quantitative estimate of drug-likeness (QED) is 0.848. The standard InChI is InChI=1S/C19H20F2N2O3/c1-11(2)26-17-5-3-4-16(22-17)13-7-14(20)19(15(21)8-13)23-9-12(10-23)6-18(24)25/h3-5,7-8,11-12H,6,9-10H2,1-2H3,(H,24,25). The van der Waals surface area contributed by atoms with Gasteiger partial charge in [0, 0.05) is 30.6 Å². The Balaban J connectivity index is 1.81. The number of pyridine rings is 1. The Hall–Kier alpha value is -2.70. The van der Waals surface area contributed by atoms with Crippen LogP contribution in [0.25, 0.3) is 11.3 Å². The van der Waals surface area contributed by atoms with Crippen LogP contribution >= 0.6 is 0 Å². The molecule has 26 heavy (non-hydrogen) atoms. The van der Waals surface area contributed by atoms with E-state index in [-0.39, 0.29) is 24.1 Å². The lowest BCUT2D eigenvalue weighted by molar-refractivity contribution is -0.138. The van der Waals surface area contributed by atoms with E-state index in [1.807, 2.05) is 13.8 Å². The molecule has 138 valence electrons. The molecular formula is C19H20F2N2O3. The van der Waals surface area contributed by atoms with Crippen molar-refractivity contribution < 1.29 is 23.4 Å². The summed E-state index contributed by atoms with van der Waals surface area (Å²) in [5.74, 6) is -1.98. The second kappa shape index (κ2) is 7.27. The van der Waals surface area contributed by atoms with E-state index in [0.717, 1.165) is 0 Å². The van der Waals surface area contributed by atoms with Gasteiger partial charge in [-0.15, -0.1) is 0 Å². The lowest BCUT2D eigenvalue weighted by Gasteiger charge is -2.40. The molecule has 0 aliphatic carbocycles. The van der Waals surface area contributed by atoms with Crippen LogP contribution in [0, 0.1) is 17.6 Å². The third-order valence-electron chi connectivity index (χ3n) is 4.13. The number of carboxylic acid groups (broad SMARTS) is 1. The highest BCUT2D eigenvalue weighted by Crippen LogP contribution is 2.34. The van der Waals surface area contributed by atoms with Crippen LogP contribution in [0.1, 0.15) is 20.3 Å². The van der Waals surface area contributed by atoms with Crippen molar-refractivity contribution in [1.29, 1.82) is 0 Å². The van der Waals surface area contributed by atoms with Crippen molar-refractivity contribution in [2.75, 3.05) is 18.0 Å². The van der Waals surface area contributed by atoms with Gasteiger partial charge >= 0.3 is 5.97 Å². The van der Waals surface area contributed by atoms with E-state index >= 15 is 0 Å². The molecule has 5 nitrogen and oxygen atoms in total. The number of halogens is 2. The zero-order valence-corrected chi connectivity index (χ0v) is 14.6. The first-order valence-electron chi connectivity index (χ1n) is 8.43. The Morgan fingerprint density at radius 2 is 1.96 bits per heavy atom. The second-order valence-corrected chi connectivity index (χ2v) is 6.69. The molecule has 0 saturated carbocycles. The highest BCUT2D eigenvalue weighted by molar-refractivity contribution is 5.69. The molecule has 0 unspecified atom stereocenters. The molecule has 2 heterocycles. The lowest BCUT2D eigenvalue weighted by Crippen LogP contribution is -2.48. The van der Waals surface area contributed by atoms with Crippen molar-refractivity contribution >= 4 is 11.7 Å². The smallest absolute Gasteiger partial charge is 0.303 e. The Kier molecular flexibility index (Phi) is 5.06. The number of ether oxygens (including phenoxy) is 1. The zero-order valence-electron chi connectivity index (χ0n) is 14.6. The van der Waals surface area contributed by atoms with Gasteiger partial charge in [0.25, 0.3) is 0 Å². The largest absolute Gasteiger partial charge is 0.481 e. The monoisotopic (exact) mass is 362 g/mol. The number of rotatable bonds is 6. The van der Waals surface area contributed by atoms with E-state index in [1.165, 1.54) is 17.0 Å². The van der Waals surface area contributed by atoms with Gasteiger partial charge in [-0.3, -0.25) is 4.79 Å². The molecule has 3 rings (SSSR count). The molecule has 1 aromatic carbocycles. The summed E-state index contributed by atoms with van der Waals surface area (Å²) in [7, 11) is 0. The van der Waals surface area contributed by atoms with Crippen molar-refractivity contribution in [2.24, 2.45) is 5.92 Å². The van der Waals surface area contributed by atoms with E-state index in [9.17, 15) is 13.6 Å². The number of hydrogen-bond acceptors (Lipinski definition) is 4. The maximum atomic E-state index is 14.5. The molecule has 2 aromatic rings. The van der Waals surface area contributed by atoms with Gasteiger partial charge in [-0.25, -0.2) is 13.8 Å². The highest BCUT2D eigenvalue weighted by atomic mass is 19.1. The fraction of sp³-hybridized carbons (Fsp3) is 0.368. The summed E-state index contributed by atoms with van der Waals surface area (Å²) in [4.78, 5) is 16.5. The van der Waals surface area contributed by atoms with Crippen LogP contribution in [-0.2, 0) is 4.79 Å². The summed E-state index contributed by atoms with van der Waals surface area (Å²) < 4.78 is 34.5. The van der Waals surface area contributed by atoms with E-state index in [0.29, 0.717) is 30.2 Å². The summed E-state index contributed by atoms with van der Waals surface area (Å²) in [6.07, 6.45) is -0.0524. The maximum Gasteiger partial charge on any atom is 0.303 e. The minimum atomic E-state index is -0.902. The number of benzene rings is 1. The first kappa shape index (κ1) is 18.1. The highest BCUT2D eigenvalue weighted by Gasteiger charge is 2.32. The van der Waals surface area contributed by atoms with E-state index in [1.54, 1.807) is 18.2 Å². The fourth-order valence-corrected chi connectivity index (χ4v) is 3.03. The average molecular weight is 362 g/mol. The van der Waals surface area contributed by atoms with Crippen LogP contribution in [0.3, 0.4) is 0 Å². The predicted molar refractivity (Wildman–Crippen MR) is 93.3 cm³/mol. The van der Waals surface area contributed by atoms with Crippen LogP contribution < -0.4 is 9.64 Å². The zero-order chi connectivity index (χ0) is 18.8. The molecular weight excluding hydrogens is 342 g/mol. The molecule has 1 fully saturated rings. The van der Waals surface area contributed by atoms with Crippen LogP contribution in [0.5, 0.6) is 5.88 Å². The number of aliphatic carboxylic acids is 1. The van der Waals surface area contributed by atoms with Crippen molar-refractivity contribution in [3.63, 3.8) is 0 Å². The first-order valence-corrected chi connectivity index (χ1v) is 8.43. The second-order valence-electron chi connectivity index (χ2n) is 6.69. The number of nitrogens with zero attached hydrogens (tertiary/aromatic N) is 2. The lowest BCUT2D eigenvalue weighted by atomic mass is 9.95. The van der Waals surface area contributed by atoms with Crippen molar-refractivity contribution in [3.05, 3.63) is 42.0 Å². The number of carboxylic acids is 1. The number of carbonyl (C=O) groups is 1. The van der Waals surface area contributed by atoms with Crippen molar-refractivity contribution in [1.82, 2.24) is 4.98 Å². The van der Waals surface area contributed by atoms with E-state index < -0.39 is 17.6 Å². The molecule has 1 N–H and O–H groups in total. The first-order chi connectivity index (χ1) is 12.3. The van der Waals surface area contributed by atoms with Gasteiger partial charge in [0.1, 0.15) is 17.3 Å². The SMILES string of the molecule is CC(C)Oc1cccc(-c2cc(F)c(N3CC(CC(=O)O)C3)c(F)c2)n1. The Bertz CT molecular complexity index is 797. The van der Waals surface area contributed by atoms with Crippen molar-refractivity contribution in [2.45, 2.75) is 26.4 Å². The normalized spacial score (nSPS) is 14.4. The Morgan fingerprint density at radius 1 is 1.31 bits per heavy atom. The van der Waals surface area contributed by atoms with Gasteiger partial charge < -0.3 is 14.7 Å². The van der Waals surface area contributed by atoms with Gasteiger partial charge in [0.05, 0.1) is 18.2 Å². The maximum absolute atomic E-state index is 14.5.